The van der Waals surface area contributed by atoms with E-state index in [4.69, 9.17) is 4.74 Å². The molecule has 1 N–H and O–H groups in total. The van der Waals surface area contributed by atoms with E-state index in [-0.39, 0.29) is 12.2 Å². The summed E-state index contributed by atoms with van der Waals surface area (Å²) in [6.07, 6.45) is -0.148. The zero-order chi connectivity index (χ0) is 19.9. The average molecular weight is 374 g/mol. The Morgan fingerprint density at radius 1 is 0.821 bits per heavy atom. The molecule has 3 rings (SSSR count). The summed E-state index contributed by atoms with van der Waals surface area (Å²) >= 11 is 0. The molecule has 4 heteroatoms. The van der Waals surface area contributed by atoms with E-state index in [1.807, 2.05) is 60.7 Å². The van der Waals surface area contributed by atoms with E-state index in [9.17, 15) is 14.7 Å². The second-order valence-electron chi connectivity index (χ2n) is 6.60. The van der Waals surface area contributed by atoms with Crippen molar-refractivity contribution in [1.29, 1.82) is 0 Å². The van der Waals surface area contributed by atoms with Crippen molar-refractivity contribution >= 4 is 11.8 Å². The van der Waals surface area contributed by atoms with Gasteiger partial charge in [-0.05, 0) is 23.3 Å². The Morgan fingerprint density at radius 3 is 1.93 bits per heavy atom. The van der Waals surface area contributed by atoms with Crippen molar-refractivity contribution in [2.45, 2.75) is 18.3 Å². The summed E-state index contributed by atoms with van der Waals surface area (Å²) in [7, 11) is 1.58. The van der Waals surface area contributed by atoms with Crippen LogP contribution in [0.4, 0.5) is 0 Å². The van der Waals surface area contributed by atoms with Gasteiger partial charge in [-0.1, -0.05) is 72.8 Å². The van der Waals surface area contributed by atoms with Crippen molar-refractivity contribution < 1.29 is 19.4 Å². The topological polar surface area (TPSA) is 63.6 Å². The van der Waals surface area contributed by atoms with E-state index in [1.54, 1.807) is 31.4 Å². The maximum Gasteiger partial charge on any atom is 0.303 e. The Balaban J connectivity index is 2.10. The number of hydrogen-bond acceptors (Lipinski definition) is 3. The van der Waals surface area contributed by atoms with Crippen LogP contribution in [0.2, 0.25) is 0 Å². The minimum absolute atomic E-state index is 0.0890. The van der Waals surface area contributed by atoms with Crippen LogP contribution < -0.4 is 4.74 Å². The van der Waals surface area contributed by atoms with Crippen LogP contribution in [-0.4, -0.2) is 24.0 Å². The molecule has 0 amide bonds. The molecule has 2 unspecified atom stereocenters. The third kappa shape index (κ3) is 4.46. The van der Waals surface area contributed by atoms with E-state index < -0.39 is 17.8 Å². The zero-order valence-corrected chi connectivity index (χ0v) is 15.6. The first kappa shape index (κ1) is 19.4. The third-order valence-electron chi connectivity index (χ3n) is 4.84. The molecule has 0 aliphatic carbocycles. The fourth-order valence-corrected chi connectivity index (χ4v) is 3.48. The van der Waals surface area contributed by atoms with Crippen molar-refractivity contribution in [3.8, 4) is 5.75 Å². The van der Waals surface area contributed by atoms with Gasteiger partial charge in [-0.25, -0.2) is 0 Å². The molecular weight excluding hydrogens is 352 g/mol. The lowest BCUT2D eigenvalue weighted by Crippen LogP contribution is -2.23. The highest BCUT2D eigenvalue weighted by molar-refractivity contribution is 6.02. The second kappa shape index (κ2) is 9.00. The van der Waals surface area contributed by atoms with Crippen molar-refractivity contribution in [3.05, 3.63) is 102 Å². The van der Waals surface area contributed by atoms with Gasteiger partial charge in [-0.2, -0.15) is 0 Å². The van der Waals surface area contributed by atoms with Crippen LogP contribution in [-0.2, 0) is 4.79 Å². The van der Waals surface area contributed by atoms with Gasteiger partial charge in [0.25, 0.3) is 0 Å². The molecule has 0 saturated heterocycles. The highest BCUT2D eigenvalue weighted by Gasteiger charge is 2.33. The van der Waals surface area contributed by atoms with E-state index in [0.29, 0.717) is 11.3 Å². The molecule has 0 aliphatic heterocycles. The Morgan fingerprint density at radius 2 is 1.39 bits per heavy atom. The number of carboxylic acid groups (broad SMARTS) is 1. The summed E-state index contributed by atoms with van der Waals surface area (Å²) in [5, 5.41) is 9.56. The number of methoxy groups -OCH3 is 1. The maximum absolute atomic E-state index is 13.4. The Bertz CT molecular complexity index is 918. The van der Waals surface area contributed by atoms with Crippen molar-refractivity contribution in [1.82, 2.24) is 0 Å². The summed E-state index contributed by atoms with van der Waals surface area (Å²) in [4.78, 5) is 25.1. The largest absolute Gasteiger partial charge is 0.497 e. The highest BCUT2D eigenvalue weighted by atomic mass is 16.5. The van der Waals surface area contributed by atoms with Crippen LogP contribution in [0.25, 0.3) is 0 Å². The van der Waals surface area contributed by atoms with E-state index in [1.165, 1.54) is 0 Å². The molecule has 0 radical (unpaired) electrons. The van der Waals surface area contributed by atoms with Gasteiger partial charge in [-0.15, -0.1) is 0 Å². The zero-order valence-electron chi connectivity index (χ0n) is 15.6. The standard InChI is InChI=1S/C24H22O4/c1-28-20-14-12-17(13-15-20)21(16-22(25)26)23(18-8-4-2-5-9-18)24(27)19-10-6-3-7-11-19/h2-15,21,23H,16H2,1H3,(H,25,26). The summed E-state index contributed by atoms with van der Waals surface area (Å²) in [6, 6.07) is 25.6. The molecule has 0 aromatic heterocycles. The lowest BCUT2D eigenvalue weighted by molar-refractivity contribution is -0.137. The maximum atomic E-state index is 13.4. The number of hydrogen-bond donors (Lipinski definition) is 1. The van der Waals surface area contributed by atoms with Gasteiger partial charge in [0, 0.05) is 11.5 Å². The first-order valence-corrected chi connectivity index (χ1v) is 9.10. The van der Waals surface area contributed by atoms with E-state index in [0.717, 1.165) is 11.1 Å². The van der Waals surface area contributed by atoms with Crippen molar-refractivity contribution in [3.63, 3.8) is 0 Å². The third-order valence-corrected chi connectivity index (χ3v) is 4.84. The molecule has 4 nitrogen and oxygen atoms in total. The molecular formula is C24H22O4. The minimum atomic E-state index is -0.942. The molecule has 0 heterocycles. The molecule has 0 aliphatic rings. The van der Waals surface area contributed by atoms with Gasteiger partial charge in [-0.3, -0.25) is 9.59 Å². The smallest absolute Gasteiger partial charge is 0.303 e. The van der Waals surface area contributed by atoms with Crippen molar-refractivity contribution in [2.75, 3.05) is 7.11 Å². The number of carbonyl (C=O) groups is 2. The van der Waals surface area contributed by atoms with Crippen LogP contribution in [0.5, 0.6) is 5.75 Å². The minimum Gasteiger partial charge on any atom is -0.497 e. The first-order valence-electron chi connectivity index (χ1n) is 9.10. The first-order chi connectivity index (χ1) is 13.6. The predicted molar refractivity (Wildman–Crippen MR) is 108 cm³/mol. The SMILES string of the molecule is COc1ccc(C(CC(=O)O)C(C(=O)c2ccccc2)c2ccccc2)cc1. The Hall–Kier alpha value is -3.40. The van der Waals surface area contributed by atoms with Crippen LogP contribution in [0.1, 0.15) is 39.7 Å². The number of aliphatic carboxylic acids is 1. The number of benzene rings is 3. The van der Waals surface area contributed by atoms with Crippen LogP contribution >= 0.6 is 0 Å². The van der Waals surface area contributed by atoms with Crippen LogP contribution in [0.15, 0.2) is 84.9 Å². The van der Waals surface area contributed by atoms with Crippen LogP contribution in [0.3, 0.4) is 0 Å². The number of rotatable bonds is 8. The Kier molecular flexibility index (Phi) is 6.22. The van der Waals surface area contributed by atoms with Gasteiger partial charge in [0.05, 0.1) is 19.4 Å². The predicted octanol–water partition coefficient (Wildman–Crippen LogP) is 4.92. The normalized spacial score (nSPS) is 12.8. The highest BCUT2D eigenvalue weighted by Crippen LogP contribution is 2.38. The summed E-state index contributed by atoms with van der Waals surface area (Å²) < 4.78 is 5.21. The van der Waals surface area contributed by atoms with Gasteiger partial charge in [0.1, 0.15) is 5.75 Å². The molecule has 2 atom stereocenters. The quantitative estimate of drug-likeness (QED) is 0.569. The molecule has 0 spiro atoms. The van der Waals surface area contributed by atoms with Gasteiger partial charge >= 0.3 is 5.97 Å². The lowest BCUT2D eigenvalue weighted by Gasteiger charge is -2.26. The summed E-state index contributed by atoms with van der Waals surface area (Å²) in [6.45, 7) is 0. The van der Waals surface area contributed by atoms with Gasteiger partial charge < -0.3 is 9.84 Å². The molecule has 142 valence electrons. The van der Waals surface area contributed by atoms with Crippen molar-refractivity contribution in [2.24, 2.45) is 0 Å². The molecule has 0 fully saturated rings. The molecule has 0 bridgehead atoms. The fourth-order valence-electron chi connectivity index (χ4n) is 3.48. The van der Waals surface area contributed by atoms with Gasteiger partial charge in [0.2, 0.25) is 0 Å². The average Bonchev–Trinajstić information content (AvgIpc) is 2.74. The number of ketones is 1. The fraction of sp³-hybridized carbons (Fsp3) is 0.167. The van der Waals surface area contributed by atoms with Gasteiger partial charge in [0.15, 0.2) is 5.78 Å². The monoisotopic (exact) mass is 374 g/mol. The van der Waals surface area contributed by atoms with E-state index >= 15 is 0 Å². The molecule has 0 saturated carbocycles. The number of carboxylic acids is 1. The van der Waals surface area contributed by atoms with Crippen LogP contribution in [0, 0.1) is 0 Å². The Labute approximate surface area is 164 Å². The number of ether oxygens (including phenoxy) is 1. The number of carbonyl (C=O) groups excluding carboxylic acids is 1. The molecule has 3 aromatic carbocycles. The summed E-state index contributed by atoms with van der Waals surface area (Å²) in [5.41, 5.74) is 2.17. The lowest BCUT2D eigenvalue weighted by atomic mass is 9.75. The molecule has 28 heavy (non-hydrogen) atoms. The number of Topliss-reactive ketones (excluding diaryl/α,β-unsaturated/α-hetero) is 1. The second-order valence-corrected chi connectivity index (χ2v) is 6.60. The summed E-state index contributed by atoms with van der Waals surface area (Å²) in [5.74, 6) is -1.45. The molecule has 3 aromatic rings. The van der Waals surface area contributed by atoms with E-state index in [2.05, 4.69) is 0 Å².